The zero-order valence-electron chi connectivity index (χ0n) is 10.9. The van der Waals surface area contributed by atoms with Crippen LogP contribution in [0, 0.1) is 0 Å². The summed E-state index contributed by atoms with van der Waals surface area (Å²) in [6, 6.07) is 0. The zero-order valence-corrected chi connectivity index (χ0v) is 10.9. The second-order valence-corrected chi connectivity index (χ2v) is 3.49. The van der Waals surface area contributed by atoms with Crippen LogP contribution in [0.5, 0.6) is 0 Å². The Kier molecular flexibility index (Phi) is 5.21. The molecular weight excluding hydrogens is 210 g/mol. The van der Waals surface area contributed by atoms with Crippen LogP contribution in [0.25, 0.3) is 18.2 Å². The van der Waals surface area contributed by atoms with Gasteiger partial charge in [-0.1, -0.05) is 30.4 Å². The minimum atomic E-state index is 0.659. The van der Waals surface area contributed by atoms with Crippen LogP contribution < -0.4 is 0 Å². The maximum atomic E-state index is 5.74. The number of allylic oxidation sites excluding steroid dienone is 3. The van der Waals surface area contributed by atoms with Gasteiger partial charge in [0.15, 0.2) is 0 Å². The van der Waals surface area contributed by atoms with E-state index in [2.05, 4.69) is 4.99 Å². The molecule has 0 bridgehead atoms. The fourth-order valence-electron chi connectivity index (χ4n) is 1.62. The molecular formula is C15H19NO. The zero-order chi connectivity index (χ0) is 12.7. The summed E-state index contributed by atoms with van der Waals surface area (Å²) in [5.41, 5.74) is 2.10. The van der Waals surface area contributed by atoms with Gasteiger partial charge in [0.1, 0.15) is 5.76 Å². The molecule has 0 aromatic carbocycles. The summed E-state index contributed by atoms with van der Waals surface area (Å²) in [5.74, 6) is 1.51. The first-order valence-electron chi connectivity index (χ1n) is 5.82. The van der Waals surface area contributed by atoms with Gasteiger partial charge in [-0.2, -0.15) is 0 Å². The molecule has 2 heteroatoms. The number of hydrogen-bond acceptors (Lipinski definition) is 2. The lowest BCUT2D eigenvalue weighted by atomic mass is 10.1. The van der Waals surface area contributed by atoms with Crippen LogP contribution in [0.4, 0.5) is 5.88 Å². The summed E-state index contributed by atoms with van der Waals surface area (Å²) < 4.78 is 5.74. The predicted molar refractivity (Wildman–Crippen MR) is 76.7 cm³/mol. The lowest BCUT2D eigenvalue weighted by molar-refractivity contribution is 0.567. The van der Waals surface area contributed by atoms with Crippen molar-refractivity contribution in [2.24, 2.45) is 4.99 Å². The number of furan rings is 1. The molecule has 0 saturated heterocycles. The summed E-state index contributed by atoms with van der Waals surface area (Å²) in [4.78, 5) is 4.26. The van der Waals surface area contributed by atoms with Gasteiger partial charge in [-0.25, -0.2) is 4.99 Å². The van der Waals surface area contributed by atoms with Gasteiger partial charge in [0, 0.05) is 17.3 Å². The molecule has 0 radical (unpaired) electrons. The lowest BCUT2D eigenvalue weighted by Gasteiger charge is -1.92. The topological polar surface area (TPSA) is 25.5 Å². The maximum absolute atomic E-state index is 5.74. The van der Waals surface area contributed by atoms with Crippen LogP contribution in [0.1, 0.15) is 44.6 Å². The molecule has 0 spiro atoms. The van der Waals surface area contributed by atoms with Crippen molar-refractivity contribution in [1.29, 1.82) is 0 Å². The van der Waals surface area contributed by atoms with E-state index >= 15 is 0 Å². The number of aliphatic imine (C=N–C) groups is 1. The summed E-state index contributed by atoms with van der Waals surface area (Å²) in [7, 11) is 0. The second kappa shape index (κ2) is 6.69. The third-order valence-electron chi connectivity index (χ3n) is 2.22. The molecule has 17 heavy (non-hydrogen) atoms. The molecule has 1 aromatic rings. The summed E-state index contributed by atoms with van der Waals surface area (Å²) in [6.45, 7) is 7.84. The van der Waals surface area contributed by atoms with E-state index in [9.17, 15) is 0 Å². The highest BCUT2D eigenvalue weighted by Crippen LogP contribution is 2.33. The van der Waals surface area contributed by atoms with Crippen LogP contribution in [0.3, 0.4) is 0 Å². The van der Waals surface area contributed by atoms with E-state index in [1.54, 1.807) is 6.21 Å². The minimum Gasteiger partial charge on any atom is -0.438 e. The molecule has 0 unspecified atom stereocenters. The lowest BCUT2D eigenvalue weighted by Crippen LogP contribution is -1.76. The van der Waals surface area contributed by atoms with Crippen molar-refractivity contribution in [3.63, 3.8) is 0 Å². The van der Waals surface area contributed by atoms with Crippen molar-refractivity contribution in [2.45, 2.75) is 27.7 Å². The molecule has 0 saturated carbocycles. The Labute approximate surface area is 103 Å². The summed E-state index contributed by atoms with van der Waals surface area (Å²) in [6.07, 6.45) is 13.7. The van der Waals surface area contributed by atoms with Crippen LogP contribution in [-0.4, -0.2) is 6.21 Å². The van der Waals surface area contributed by atoms with E-state index in [0.29, 0.717) is 5.88 Å². The normalized spacial score (nSPS) is 12.9. The molecule has 0 fully saturated rings. The molecule has 0 amide bonds. The first-order valence-corrected chi connectivity index (χ1v) is 5.82. The Bertz CT molecular complexity index is 431. The molecule has 1 aromatic heterocycles. The molecule has 1 rings (SSSR count). The van der Waals surface area contributed by atoms with Crippen molar-refractivity contribution in [1.82, 2.24) is 0 Å². The Hall–Kier alpha value is -1.83. The predicted octanol–water partition coefficient (Wildman–Crippen LogP) is 5.10. The van der Waals surface area contributed by atoms with Gasteiger partial charge in [0.05, 0.1) is 0 Å². The molecule has 1 heterocycles. The molecule has 0 N–H and O–H groups in total. The van der Waals surface area contributed by atoms with Crippen molar-refractivity contribution in [3.05, 3.63) is 35.1 Å². The van der Waals surface area contributed by atoms with E-state index in [1.165, 1.54) is 0 Å². The monoisotopic (exact) mass is 229 g/mol. The Balaban J connectivity index is 3.47. The third kappa shape index (κ3) is 3.06. The van der Waals surface area contributed by atoms with Crippen LogP contribution in [-0.2, 0) is 0 Å². The van der Waals surface area contributed by atoms with Gasteiger partial charge in [-0.05, 0) is 33.8 Å². The minimum absolute atomic E-state index is 0.659. The van der Waals surface area contributed by atoms with Crippen molar-refractivity contribution >= 4 is 30.3 Å². The van der Waals surface area contributed by atoms with Crippen molar-refractivity contribution in [3.8, 4) is 0 Å². The molecule has 90 valence electrons. The summed E-state index contributed by atoms with van der Waals surface area (Å²) in [5, 5.41) is 0. The standard InChI is InChI=1S/C15H19NO/c1-5-9-12-13(10-6-2)15(16-8-4)17-14(12)11-7-3/h5-11H,1-4H3/b9-5-,10-6-,11-7-,16-8-. The molecule has 0 aliphatic carbocycles. The fraction of sp³-hybridized carbons (Fsp3) is 0.267. The highest BCUT2D eigenvalue weighted by Gasteiger charge is 2.13. The Morgan fingerprint density at radius 2 is 1.41 bits per heavy atom. The highest BCUT2D eigenvalue weighted by molar-refractivity contribution is 5.78. The summed E-state index contributed by atoms with van der Waals surface area (Å²) >= 11 is 0. The van der Waals surface area contributed by atoms with Gasteiger partial charge in [-0.3, -0.25) is 0 Å². The molecule has 2 nitrogen and oxygen atoms in total. The Morgan fingerprint density at radius 1 is 0.824 bits per heavy atom. The molecule has 0 aliphatic rings. The van der Waals surface area contributed by atoms with Gasteiger partial charge in [-0.15, -0.1) is 0 Å². The average molecular weight is 229 g/mol. The van der Waals surface area contributed by atoms with E-state index < -0.39 is 0 Å². The van der Waals surface area contributed by atoms with Crippen molar-refractivity contribution < 1.29 is 4.42 Å². The van der Waals surface area contributed by atoms with Gasteiger partial charge < -0.3 is 4.42 Å². The molecule has 0 aliphatic heterocycles. The number of rotatable bonds is 4. The Morgan fingerprint density at radius 3 is 1.94 bits per heavy atom. The molecule has 0 atom stereocenters. The van der Waals surface area contributed by atoms with E-state index in [0.717, 1.165) is 16.9 Å². The van der Waals surface area contributed by atoms with Gasteiger partial charge in [0.25, 0.3) is 0 Å². The van der Waals surface area contributed by atoms with Gasteiger partial charge >= 0.3 is 0 Å². The highest BCUT2D eigenvalue weighted by atomic mass is 16.4. The fourth-order valence-corrected chi connectivity index (χ4v) is 1.62. The smallest absolute Gasteiger partial charge is 0.226 e. The maximum Gasteiger partial charge on any atom is 0.226 e. The van der Waals surface area contributed by atoms with Crippen molar-refractivity contribution in [2.75, 3.05) is 0 Å². The van der Waals surface area contributed by atoms with E-state index in [-0.39, 0.29) is 0 Å². The van der Waals surface area contributed by atoms with E-state index in [1.807, 2.05) is 64.2 Å². The number of hydrogen-bond donors (Lipinski definition) is 0. The quantitative estimate of drug-likeness (QED) is 0.659. The first-order chi connectivity index (χ1) is 8.28. The van der Waals surface area contributed by atoms with Crippen LogP contribution in [0.15, 0.2) is 27.6 Å². The van der Waals surface area contributed by atoms with Crippen LogP contribution in [0.2, 0.25) is 0 Å². The van der Waals surface area contributed by atoms with E-state index in [4.69, 9.17) is 4.42 Å². The van der Waals surface area contributed by atoms with Gasteiger partial charge in [0.2, 0.25) is 5.88 Å². The first kappa shape index (κ1) is 13.2. The third-order valence-corrected chi connectivity index (χ3v) is 2.22. The average Bonchev–Trinajstić information content (AvgIpc) is 2.61. The number of nitrogens with zero attached hydrogens (tertiary/aromatic N) is 1. The largest absolute Gasteiger partial charge is 0.438 e. The second-order valence-electron chi connectivity index (χ2n) is 3.49. The SMILES string of the molecule is C/C=C\c1oc(/N=C\C)c(/C=C\C)c1/C=C\C. The van der Waals surface area contributed by atoms with Crippen LogP contribution >= 0.6 is 0 Å².